The molecule has 0 spiro atoms. The molecule has 0 unspecified atom stereocenters. The van der Waals surface area contributed by atoms with E-state index in [4.69, 9.17) is 11.5 Å². The van der Waals surface area contributed by atoms with Gasteiger partial charge in [-0.15, -0.1) is 0 Å². The third kappa shape index (κ3) is 1.50. The standard InChI is InChI=1S/C9H9F2N3S/c1-3-2-4(7(10)11)5-6(12)8(13)15-9(5)14-3/h2,7H,12-13H2,1H3. The second-order valence-corrected chi connectivity index (χ2v) is 4.24. The molecule has 0 amide bonds. The molecule has 0 radical (unpaired) electrons. The SMILES string of the molecule is Cc1cc(C(F)F)c2c(N)c(N)sc2n1. The van der Waals surface area contributed by atoms with Crippen LogP contribution in [0.1, 0.15) is 17.7 Å². The number of alkyl halides is 2. The number of hydrogen-bond acceptors (Lipinski definition) is 4. The number of nitrogens with zero attached hydrogens (tertiary/aromatic N) is 1. The summed E-state index contributed by atoms with van der Waals surface area (Å²) in [6, 6.07) is 1.34. The number of thiophene rings is 1. The van der Waals surface area contributed by atoms with Gasteiger partial charge in [-0.1, -0.05) is 11.3 Å². The lowest BCUT2D eigenvalue weighted by Gasteiger charge is -2.03. The number of pyridine rings is 1. The van der Waals surface area contributed by atoms with Crippen molar-refractivity contribution in [1.29, 1.82) is 0 Å². The minimum absolute atomic E-state index is 0.0945. The highest BCUT2D eigenvalue weighted by Crippen LogP contribution is 2.40. The predicted octanol–water partition coefficient (Wildman–Crippen LogP) is 2.71. The fourth-order valence-corrected chi connectivity index (χ4v) is 2.41. The molecule has 0 bridgehead atoms. The van der Waals surface area contributed by atoms with Crippen LogP contribution in [-0.2, 0) is 0 Å². The normalized spacial score (nSPS) is 11.5. The lowest BCUT2D eigenvalue weighted by Crippen LogP contribution is -1.94. The Balaban J connectivity index is 2.88. The Morgan fingerprint density at radius 2 is 2.07 bits per heavy atom. The van der Waals surface area contributed by atoms with Crippen LogP contribution in [0.2, 0.25) is 0 Å². The molecule has 0 aliphatic rings. The van der Waals surface area contributed by atoms with E-state index in [0.29, 0.717) is 15.5 Å². The van der Waals surface area contributed by atoms with Crippen LogP contribution in [0.25, 0.3) is 10.2 Å². The molecular weight excluding hydrogens is 220 g/mol. The maximum atomic E-state index is 12.7. The second-order valence-electron chi connectivity index (χ2n) is 3.21. The molecule has 2 aromatic heterocycles. The van der Waals surface area contributed by atoms with Crippen LogP contribution in [0.3, 0.4) is 0 Å². The number of rotatable bonds is 1. The maximum Gasteiger partial charge on any atom is 0.264 e. The Labute approximate surface area is 88.7 Å². The number of nitrogen functional groups attached to an aromatic ring is 2. The first kappa shape index (κ1) is 10.1. The summed E-state index contributed by atoms with van der Waals surface area (Å²) in [7, 11) is 0. The highest BCUT2D eigenvalue weighted by molar-refractivity contribution is 7.23. The lowest BCUT2D eigenvalue weighted by atomic mass is 10.1. The Kier molecular flexibility index (Phi) is 2.22. The van der Waals surface area contributed by atoms with Gasteiger partial charge in [-0.25, -0.2) is 13.8 Å². The van der Waals surface area contributed by atoms with E-state index < -0.39 is 6.43 Å². The Morgan fingerprint density at radius 3 is 2.67 bits per heavy atom. The van der Waals surface area contributed by atoms with Crippen LogP contribution in [0, 0.1) is 6.92 Å². The fraction of sp³-hybridized carbons (Fsp3) is 0.222. The van der Waals surface area contributed by atoms with Crippen LogP contribution in [0.4, 0.5) is 19.5 Å². The van der Waals surface area contributed by atoms with Crippen LogP contribution >= 0.6 is 11.3 Å². The molecular formula is C9H9F2N3S. The van der Waals surface area contributed by atoms with E-state index in [2.05, 4.69) is 4.98 Å². The van der Waals surface area contributed by atoms with Crippen LogP contribution in [-0.4, -0.2) is 4.98 Å². The summed E-state index contributed by atoms with van der Waals surface area (Å²) in [5.74, 6) is 0. The van der Waals surface area contributed by atoms with E-state index in [0.717, 1.165) is 11.3 Å². The van der Waals surface area contributed by atoms with E-state index >= 15 is 0 Å². The highest BCUT2D eigenvalue weighted by Gasteiger charge is 2.18. The van der Waals surface area contributed by atoms with Crippen molar-refractivity contribution in [2.75, 3.05) is 11.5 Å². The average Bonchev–Trinajstić information content (AvgIpc) is 2.41. The van der Waals surface area contributed by atoms with Gasteiger partial charge in [-0.05, 0) is 13.0 Å². The van der Waals surface area contributed by atoms with Crippen molar-refractivity contribution in [3.63, 3.8) is 0 Å². The van der Waals surface area contributed by atoms with Gasteiger partial charge in [0.1, 0.15) is 9.83 Å². The summed E-state index contributed by atoms with van der Waals surface area (Å²) in [4.78, 5) is 4.60. The van der Waals surface area contributed by atoms with E-state index in [-0.39, 0.29) is 16.6 Å². The first-order chi connectivity index (χ1) is 7.00. The van der Waals surface area contributed by atoms with Gasteiger partial charge in [0.2, 0.25) is 0 Å². The second kappa shape index (κ2) is 3.30. The van der Waals surface area contributed by atoms with Crippen molar-refractivity contribution in [2.24, 2.45) is 0 Å². The molecule has 80 valence electrons. The summed E-state index contributed by atoms with van der Waals surface area (Å²) in [6.45, 7) is 1.66. The summed E-state index contributed by atoms with van der Waals surface area (Å²) < 4.78 is 25.5. The number of aromatic nitrogens is 1. The monoisotopic (exact) mass is 229 g/mol. The zero-order valence-corrected chi connectivity index (χ0v) is 8.74. The molecule has 2 rings (SSSR count). The van der Waals surface area contributed by atoms with Gasteiger partial charge < -0.3 is 11.5 Å². The molecule has 0 aromatic carbocycles. The zero-order valence-electron chi connectivity index (χ0n) is 7.92. The molecule has 0 fully saturated rings. The van der Waals surface area contributed by atoms with Crippen molar-refractivity contribution in [3.8, 4) is 0 Å². The summed E-state index contributed by atoms with van der Waals surface area (Å²) >= 11 is 1.13. The van der Waals surface area contributed by atoms with E-state index in [1.807, 2.05) is 0 Å². The smallest absolute Gasteiger partial charge is 0.264 e. The van der Waals surface area contributed by atoms with Crippen LogP contribution in [0.5, 0.6) is 0 Å². The molecule has 3 nitrogen and oxygen atoms in total. The van der Waals surface area contributed by atoms with Crippen LogP contribution < -0.4 is 11.5 Å². The molecule has 0 atom stereocenters. The van der Waals surface area contributed by atoms with Crippen molar-refractivity contribution in [3.05, 3.63) is 17.3 Å². The minimum atomic E-state index is -2.56. The fourth-order valence-electron chi connectivity index (χ4n) is 1.47. The Morgan fingerprint density at radius 1 is 1.40 bits per heavy atom. The topological polar surface area (TPSA) is 64.9 Å². The number of anilines is 2. The molecule has 2 aromatic rings. The quantitative estimate of drug-likeness (QED) is 0.790. The van der Waals surface area contributed by atoms with E-state index in [9.17, 15) is 8.78 Å². The van der Waals surface area contributed by atoms with Gasteiger partial charge in [0.25, 0.3) is 6.43 Å². The summed E-state index contributed by atoms with van der Waals surface area (Å²) in [6.07, 6.45) is -2.56. The number of fused-ring (bicyclic) bond motifs is 1. The first-order valence-electron chi connectivity index (χ1n) is 4.24. The highest BCUT2D eigenvalue weighted by atomic mass is 32.1. The van der Waals surface area contributed by atoms with Gasteiger partial charge in [0.05, 0.1) is 5.69 Å². The molecule has 0 aliphatic carbocycles. The van der Waals surface area contributed by atoms with Crippen LogP contribution in [0.15, 0.2) is 6.07 Å². The summed E-state index contributed by atoms with van der Waals surface area (Å²) in [5.41, 5.74) is 11.9. The largest absolute Gasteiger partial charge is 0.396 e. The molecule has 2 heterocycles. The molecule has 15 heavy (non-hydrogen) atoms. The molecule has 0 saturated heterocycles. The maximum absolute atomic E-state index is 12.7. The molecule has 4 N–H and O–H groups in total. The van der Waals surface area contributed by atoms with Gasteiger partial charge >= 0.3 is 0 Å². The predicted molar refractivity (Wildman–Crippen MR) is 58.1 cm³/mol. The third-order valence-electron chi connectivity index (χ3n) is 2.12. The lowest BCUT2D eigenvalue weighted by molar-refractivity contribution is 0.153. The number of hydrogen-bond donors (Lipinski definition) is 2. The van der Waals surface area contributed by atoms with Crippen molar-refractivity contribution in [1.82, 2.24) is 4.98 Å². The number of halogens is 2. The Hall–Kier alpha value is -1.43. The van der Waals surface area contributed by atoms with Gasteiger partial charge in [-0.2, -0.15) is 0 Å². The van der Waals surface area contributed by atoms with E-state index in [1.165, 1.54) is 6.07 Å². The molecule has 6 heteroatoms. The van der Waals surface area contributed by atoms with Crippen molar-refractivity contribution < 1.29 is 8.78 Å². The number of aryl methyl sites for hydroxylation is 1. The molecule has 0 aliphatic heterocycles. The first-order valence-corrected chi connectivity index (χ1v) is 5.05. The van der Waals surface area contributed by atoms with Gasteiger partial charge in [0, 0.05) is 16.6 Å². The zero-order chi connectivity index (χ0) is 11.2. The van der Waals surface area contributed by atoms with Crippen molar-refractivity contribution in [2.45, 2.75) is 13.3 Å². The molecule has 0 saturated carbocycles. The Bertz CT molecular complexity index is 522. The van der Waals surface area contributed by atoms with Gasteiger partial charge in [0.15, 0.2) is 0 Å². The van der Waals surface area contributed by atoms with Crippen molar-refractivity contribution >= 4 is 32.2 Å². The third-order valence-corrected chi connectivity index (χ3v) is 3.05. The van der Waals surface area contributed by atoms with Gasteiger partial charge in [-0.3, -0.25) is 0 Å². The minimum Gasteiger partial charge on any atom is -0.396 e. The average molecular weight is 229 g/mol. The summed E-state index contributed by atoms with van der Waals surface area (Å²) in [5, 5.41) is 0.628. The number of nitrogens with two attached hydrogens (primary N) is 2. The van der Waals surface area contributed by atoms with E-state index in [1.54, 1.807) is 6.92 Å².